The summed E-state index contributed by atoms with van der Waals surface area (Å²) in [5, 5.41) is 5.41. The molecule has 6 heteroatoms. The Kier molecular flexibility index (Phi) is 7.31. The quantitative estimate of drug-likeness (QED) is 0.341. The van der Waals surface area contributed by atoms with Gasteiger partial charge in [0.05, 0.1) is 0 Å². The van der Waals surface area contributed by atoms with Crippen LogP contribution in [0.5, 0.6) is 5.75 Å². The highest BCUT2D eigenvalue weighted by Gasteiger charge is 2.07. The molecule has 27 heavy (non-hydrogen) atoms. The molecule has 0 atom stereocenters. The van der Waals surface area contributed by atoms with Gasteiger partial charge in [-0.05, 0) is 42.3 Å². The minimum Gasteiger partial charge on any atom is -0.427 e. The molecule has 0 aliphatic rings. The third-order valence-electron chi connectivity index (χ3n) is 3.67. The van der Waals surface area contributed by atoms with Crippen molar-refractivity contribution in [2.75, 3.05) is 13.1 Å². The summed E-state index contributed by atoms with van der Waals surface area (Å²) in [7, 11) is 0. The first kappa shape index (κ1) is 19.9. The average Bonchev–Trinajstić information content (AvgIpc) is 2.64. The number of aryl methyl sites for hydroxylation is 1. The standard InChI is InChI=1S/C21H22N2O4/c1-15-6-3-4-7-17(15)10-11-20(25)22-12-13-23-21(26)18-8-5-9-19(14-18)27-16(2)24/h3-11,14H,12-13H2,1-2H3,(H,22,25)(H,23,26)/b11-10+. The number of hydrogen-bond acceptors (Lipinski definition) is 4. The molecule has 0 fully saturated rings. The van der Waals surface area contributed by atoms with Crippen LogP contribution in [0.1, 0.15) is 28.4 Å². The Bertz CT molecular complexity index is 859. The van der Waals surface area contributed by atoms with Crippen LogP contribution >= 0.6 is 0 Å². The van der Waals surface area contributed by atoms with Gasteiger partial charge in [-0.2, -0.15) is 0 Å². The molecule has 0 spiro atoms. The van der Waals surface area contributed by atoms with Crippen LogP contribution in [0.3, 0.4) is 0 Å². The highest BCUT2D eigenvalue weighted by Crippen LogP contribution is 2.13. The zero-order valence-electron chi connectivity index (χ0n) is 15.3. The maximum atomic E-state index is 12.1. The Morgan fingerprint density at radius 3 is 2.48 bits per heavy atom. The summed E-state index contributed by atoms with van der Waals surface area (Å²) < 4.78 is 4.95. The first-order valence-corrected chi connectivity index (χ1v) is 8.54. The van der Waals surface area contributed by atoms with Crippen LogP contribution in [0.15, 0.2) is 54.6 Å². The van der Waals surface area contributed by atoms with Gasteiger partial charge in [0.2, 0.25) is 5.91 Å². The molecule has 6 nitrogen and oxygen atoms in total. The monoisotopic (exact) mass is 366 g/mol. The first-order valence-electron chi connectivity index (χ1n) is 8.54. The van der Waals surface area contributed by atoms with Crippen molar-refractivity contribution in [1.82, 2.24) is 10.6 Å². The maximum Gasteiger partial charge on any atom is 0.308 e. The molecular weight excluding hydrogens is 344 g/mol. The molecule has 0 bridgehead atoms. The molecule has 0 aromatic heterocycles. The van der Waals surface area contributed by atoms with E-state index in [0.29, 0.717) is 17.9 Å². The number of esters is 1. The minimum atomic E-state index is -0.450. The van der Waals surface area contributed by atoms with Gasteiger partial charge < -0.3 is 15.4 Å². The summed E-state index contributed by atoms with van der Waals surface area (Å²) in [4.78, 5) is 34.9. The summed E-state index contributed by atoms with van der Waals surface area (Å²) in [5.74, 6) is -0.683. The SMILES string of the molecule is CC(=O)Oc1cccc(C(=O)NCCNC(=O)/C=C/c2ccccc2C)c1. The lowest BCUT2D eigenvalue weighted by molar-refractivity contribution is -0.131. The first-order chi connectivity index (χ1) is 13.0. The number of amides is 2. The Balaban J connectivity index is 1.76. The molecule has 0 unspecified atom stereocenters. The van der Waals surface area contributed by atoms with Crippen molar-refractivity contribution >= 4 is 23.9 Å². The fourth-order valence-electron chi connectivity index (χ4n) is 2.33. The Morgan fingerprint density at radius 1 is 1.00 bits per heavy atom. The lowest BCUT2D eigenvalue weighted by Gasteiger charge is -2.07. The number of ether oxygens (including phenoxy) is 1. The number of nitrogens with one attached hydrogen (secondary N) is 2. The molecule has 0 aliphatic carbocycles. The number of benzene rings is 2. The van der Waals surface area contributed by atoms with Gasteiger partial charge in [-0.3, -0.25) is 14.4 Å². The van der Waals surface area contributed by atoms with Crippen molar-refractivity contribution < 1.29 is 19.1 Å². The molecule has 0 heterocycles. The van der Waals surface area contributed by atoms with E-state index in [1.54, 1.807) is 24.3 Å². The van der Waals surface area contributed by atoms with Crippen molar-refractivity contribution in [3.63, 3.8) is 0 Å². The molecule has 0 saturated carbocycles. The largest absolute Gasteiger partial charge is 0.427 e. The number of rotatable bonds is 7. The molecule has 140 valence electrons. The summed E-state index contributed by atoms with van der Waals surface area (Å²) in [6, 6.07) is 14.1. The third kappa shape index (κ3) is 6.78. The third-order valence-corrected chi connectivity index (χ3v) is 3.67. The van der Waals surface area contributed by atoms with Crippen LogP contribution in [-0.2, 0) is 9.59 Å². The van der Waals surface area contributed by atoms with Crippen molar-refractivity contribution in [3.05, 3.63) is 71.3 Å². The van der Waals surface area contributed by atoms with Gasteiger partial charge in [-0.25, -0.2) is 0 Å². The predicted octanol–water partition coefficient (Wildman–Crippen LogP) is 2.48. The Morgan fingerprint density at radius 2 is 1.74 bits per heavy atom. The molecule has 2 N–H and O–H groups in total. The van der Waals surface area contributed by atoms with Gasteiger partial charge in [0.15, 0.2) is 0 Å². The van der Waals surface area contributed by atoms with E-state index in [4.69, 9.17) is 4.74 Å². The fraction of sp³-hybridized carbons (Fsp3) is 0.190. The normalized spacial score (nSPS) is 10.4. The van der Waals surface area contributed by atoms with Gasteiger partial charge in [-0.1, -0.05) is 30.3 Å². The fourth-order valence-corrected chi connectivity index (χ4v) is 2.33. The smallest absolute Gasteiger partial charge is 0.308 e. The summed E-state index contributed by atoms with van der Waals surface area (Å²) in [6.07, 6.45) is 3.22. The lowest BCUT2D eigenvalue weighted by atomic mass is 10.1. The van der Waals surface area contributed by atoms with E-state index in [1.807, 2.05) is 31.2 Å². The molecule has 0 saturated heterocycles. The van der Waals surface area contributed by atoms with Crippen LogP contribution in [0.2, 0.25) is 0 Å². The second-order valence-corrected chi connectivity index (χ2v) is 5.86. The maximum absolute atomic E-state index is 12.1. The van der Waals surface area contributed by atoms with Crippen LogP contribution < -0.4 is 15.4 Å². The number of carbonyl (C=O) groups is 3. The van der Waals surface area contributed by atoms with Crippen molar-refractivity contribution in [3.8, 4) is 5.75 Å². The summed E-state index contributed by atoms with van der Waals surface area (Å²) in [5.41, 5.74) is 2.44. The van der Waals surface area contributed by atoms with E-state index in [2.05, 4.69) is 10.6 Å². The van der Waals surface area contributed by atoms with E-state index in [1.165, 1.54) is 19.1 Å². The van der Waals surface area contributed by atoms with Gasteiger partial charge in [-0.15, -0.1) is 0 Å². The summed E-state index contributed by atoms with van der Waals surface area (Å²) >= 11 is 0. The van der Waals surface area contributed by atoms with E-state index in [0.717, 1.165) is 11.1 Å². The van der Waals surface area contributed by atoms with Crippen molar-refractivity contribution in [2.45, 2.75) is 13.8 Å². The highest BCUT2D eigenvalue weighted by molar-refractivity contribution is 5.95. The van der Waals surface area contributed by atoms with E-state index >= 15 is 0 Å². The molecule has 2 aromatic carbocycles. The topological polar surface area (TPSA) is 84.5 Å². The Hall–Kier alpha value is -3.41. The van der Waals surface area contributed by atoms with Gasteiger partial charge >= 0.3 is 5.97 Å². The van der Waals surface area contributed by atoms with E-state index < -0.39 is 5.97 Å². The average molecular weight is 366 g/mol. The number of hydrogen-bond donors (Lipinski definition) is 2. The second kappa shape index (κ2) is 9.91. The second-order valence-electron chi connectivity index (χ2n) is 5.86. The zero-order chi connectivity index (χ0) is 19.6. The molecular formula is C21H22N2O4. The molecule has 0 aliphatic heterocycles. The van der Waals surface area contributed by atoms with Crippen molar-refractivity contribution in [2.24, 2.45) is 0 Å². The van der Waals surface area contributed by atoms with Gasteiger partial charge in [0, 0.05) is 31.7 Å². The van der Waals surface area contributed by atoms with Gasteiger partial charge in [0.1, 0.15) is 5.75 Å². The summed E-state index contributed by atoms with van der Waals surface area (Å²) in [6.45, 7) is 3.85. The van der Waals surface area contributed by atoms with Crippen LogP contribution in [0.4, 0.5) is 0 Å². The molecule has 0 radical (unpaired) electrons. The Labute approximate surface area is 158 Å². The molecule has 2 aromatic rings. The van der Waals surface area contributed by atoms with Crippen LogP contribution in [0, 0.1) is 6.92 Å². The molecule has 2 rings (SSSR count). The van der Waals surface area contributed by atoms with Crippen LogP contribution in [0.25, 0.3) is 6.08 Å². The molecule has 2 amide bonds. The highest BCUT2D eigenvalue weighted by atomic mass is 16.5. The van der Waals surface area contributed by atoms with Crippen molar-refractivity contribution in [1.29, 1.82) is 0 Å². The lowest BCUT2D eigenvalue weighted by Crippen LogP contribution is -2.34. The minimum absolute atomic E-state index is 0.232. The number of carbonyl (C=O) groups excluding carboxylic acids is 3. The van der Waals surface area contributed by atoms with Crippen LogP contribution in [-0.4, -0.2) is 30.9 Å². The van der Waals surface area contributed by atoms with E-state index in [9.17, 15) is 14.4 Å². The van der Waals surface area contributed by atoms with Gasteiger partial charge in [0.25, 0.3) is 5.91 Å². The zero-order valence-corrected chi connectivity index (χ0v) is 15.3. The predicted molar refractivity (Wildman–Crippen MR) is 103 cm³/mol. The van der Waals surface area contributed by atoms with E-state index in [-0.39, 0.29) is 18.4 Å².